The van der Waals surface area contributed by atoms with Gasteiger partial charge in [0.25, 0.3) is 0 Å². The zero-order chi connectivity index (χ0) is 16.8. The van der Waals surface area contributed by atoms with Crippen molar-refractivity contribution in [3.05, 3.63) is 17.2 Å². The Hall–Kier alpha value is -1.53. The molecule has 0 spiro atoms. The summed E-state index contributed by atoms with van der Waals surface area (Å²) in [5.74, 6) is 0.194. The number of nitrogens with zero attached hydrogens (tertiary/aromatic N) is 3. The highest BCUT2D eigenvalue weighted by Gasteiger charge is 2.30. The van der Waals surface area contributed by atoms with Crippen LogP contribution in [-0.2, 0) is 4.79 Å². The number of hydrogen-bond acceptors (Lipinski definition) is 5. The molecule has 1 aliphatic heterocycles. The SMILES string of the molecule is CC(C)(C)C(=O)N1CCN(c2c(Cl)ccc3sc(N)nc23)CC1. The summed E-state index contributed by atoms with van der Waals surface area (Å²) in [4.78, 5) is 21.0. The van der Waals surface area contributed by atoms with Crippen LogP contribution in [0.4, 0.5) is 10.8 Å². The number of piperazine rings is 1. The average molecular weight is 353 g/mol. The second-order valence-corrected chi connectivity index (χ2v) is 8.29. The fourth-order valence-electron chi connectivity index (χ4n) is 2.88. The summed E-state index contributed by atoms with van der Waals surface area (Å²) < 4.78 is 1.04. The van der Waals surface area contributed by atoms with Crippen LogP contribution in [0.25, 0.3) is 10.2 Å². The quantitative estimate of drug-likeness (QED) is 0.855. The largest absolute Gasteiger partial charge is 0.375 e. The summed E-state index contributed by atoms with van der Waals surface area (Å²) in [6.45, 7) is 8.76. The number of aromatic nitrogens is 1. The minimum absolute atomic E-state index is 0.194. The number of benzene rings is 1. The number of hydrogen-bond donors (Lipinski definition) is 1. The molecule has 0 radical (unpaired) electrons. The molecule has 1 amide bonds. The Kier molecular flexibility index (Phi) is 4.14. The summed E-state index contributed by atoms with van der Waals surface area (Å²) in [5, 5.41) is 1.23. The van der Waals surface area contributed by atoms with Crippen molar-refractivity contribution < 1.29 is 4.79 Å². The van der Waals surface area contributed by atoms with E-state index in [1.54, 1.807) is 0 Å². The maximum absolute atomic E-state index is 12.4. The van der Waals surface area contributed by atoms with E-state index in [-0.39, 0.29) is 11.3 Å². The molecule has 5 nitrogen and oxygen atoms in total. The second-order valence-electron chi connectivity index (χ2n) is 6.82. The number of thiazole rings is 1. The molecule has 1 aromatic carbocycles. The fourth-order valence-corrected chi connectivity index (χ4v) is 3.89. The van der Waals surface area contributed by atoms with Crippen molar-refractivity contribution in [2.45, 2.75) is 20.8 Å². The summed E-state index contributed by atoms with van der Waals surface area (Å²) in [5.41, 5.74) is 7.29. The number of nitrogens with two attached hydrogens (primary N) is 1. The summed E-state index contributed by atoms with van der Waals surface area (Å²) in [6.07, 6.45) is 0. The normalized spacial score (nSPS) is 16.2. The summed E-state index contributed by atoms with van der Waals surface area (Å²) in [6, 6.07) is 3.85. The lowest BCUT2D eigenvalue weighted by atomic mass is 9.94. The molecule has 0 saturated carbocycles. The molecule has 0 atom stereocenters. The predicted molar refractivity (Wildman–Crippen MR) is 97.3 cm³/mol. The molecule has 2 aromatic rings. The second kappa shape index (κ2) is 5.83. The van der Waals surface area contributed by atoms with Gasteiger partial charge in [-0.05, 0) is 12.1 Å². The first kappa shape index (κ1) is 16.3. The molecule has 0 aliphatic carbocycles. The first-order valence-electron chi connectivity index (χ1n) is 7.66. The van der Waals surface area contributed by atoms with Crippen LogP contribution in [0.5, 0.6) is 0 Å². The predicted octanol–water partition coefficient (Wildman–Crippen LogP) is 3.23. The highest BCUT2D eigenvalue weighted by molar-refractivity contribution is 7.22. The van der Waals surface area contributed by atoms with Gasteiger partial charge in [0.2, 0.25) is 5.91 Å². The maximum atomic E-state index is 12.4. The lowest BCUT2D eigenvalue weighted by Crippen LogP contribution is -2.51. The topological polar surface area (TPSA) is 62.5 Å². The first-order valence-corrected chi connectivity index (χ1v) is 8.85. The smallest absolute Gasteiger partial charge is 0.228 e. The number of nitrogen functional groups attached to an aromatic ring is 1. The third kappa shape index (κ3) is 3.10. The van der Waals surface area contributed by atoms with Gasteiger partial charge in [-0.2, -0.15) is 0 Å². The fraction of sp³-hybridized carbons (Fsp3) is 0.500. The van der Waals surface area contributed by atoms with Crippen LogP contribution in [0.3, 0.4) is 0 Å². The Morgan fingerprint density at radius 3 is 2.52 bits per heavy atom. The minimum Gasteiger partial charge on any atom is -0.375 e. The van der Waals surface area contributed by atoms with Gasteiger partial charge in [-0.3, -0.25) is 4.79 Å². The molecule has 2 N–H and O–H groups in total. The lowest BCUT2D eigenvalue weighted by molar-refractivity contribution is -0.139. The number of carbonyl (C=O) groups excluding carboxylic acids is 1. The van der Waals surface area contributed by atoms with E-state index in [9.17, 15) is 4.79 Å². The third-order valence-corrected chi connectivity index (χ3v) is 5.18. The Morgan fingerprint density at radius 2 is 1.91 bits per heavy atom. The van der Waals surface area contributed by atoms with Gasteiger partial charge in [0.05, 0.1) is 15.4 Å². The Labute approximate surface area is 145 Å². The Bertz CT molecular complexity index is 744. The average Bonchev–Trinajstić information content (AvgIpc) is 2.86. The van der Waals surface area contributed by atoms with Crippen molar-refractivity contribution in [2.75, 3.05) is 36.8 Å². The lowest BCUT2D eigenvalue weighted by Gasteiger charge is -2.39. The Morgan fingerprint density at radius 1 is 1.26 bits per heavy atom. The number of halogens is 1. The third-order valence-electron chi connectivity index (χ3n) is 4.03. The standard InChI is InChI=1S/C16H21ClN4OS/c1-16(2,3)14(22)21-8-6-20(7-9-21)13-10(17)4-5-11-12(13)19-15(18)23-11/h4-5H,6-9H2,1-3H3,(H2,18,19). The van der Waals surface area contributed by atoms with Gasteiger partial charge in [0, 0.05) is 31.6 Å². The molecule has 1 saturated heterocycles. The van der Waals surface area contributed by atoms with Crippen molar-refractivity contribution >= 4 is 49.9 Å². The molecule has 1 fully saturated rings. The molecule has 0 unspecified atom stereocenters. The molecule has 3 rings (SSSR count). The number of fused-ring (bicyclic) bond motifs is 1. The highest BCUT2D eigenvalue weighted by Crippen LogP contribution is 2.37. The zero-order valence-electron chi connectivity index (χ0n) is 13.6. The van der Waals surface area contributed by atoms with Gasteiger partial charge in [0.15, 0.2) is 5.13 Å². The number of amides is 1. The van der Waals surface area contributed by atoms with E-state index in [1.165, 1.54) is 11.3 Å². The summed E-state index contributed by atoms with van der Waals surface area (Å²) in [7, 11) is 0. The van der Waals surface area contributed by atoms with Crippen LogP contribution in [0.2, 0.25) is 5.02 Å². The van der Waals surface area contributed by atoms with E-state index in [0.29, 0.717) is 23.2 Å². The van der Waals surface area contributed by atoms with Gasteiger partial charge in [0.1, 0.15) is 5.52 Å². The van der Waals surface area contributed by atoms with Crippen LogP contribution in [-0.4, -0.2) is 42.0 Å². The van der Waals surface area contributed by atoms with Crippen molar-refractivity contribution in [2.24, 2.45) is 5.41 Å². The molecule has 2 heterocycles. The number of rotatable bonds is 1. The first-order chi connectivity index (χ1) is 10.8. The van der Waals surface area contributed by atoms with Crippen LogP contribution < -0.4 is 10.6 Å². The van der Waals surface area contributed by atoms with Crippen molar-refractivity contribution in [1.29, 1.82) is 0 Å². The van der Waals surface area contributed by atoms with Gasteiger partial charge < -0.3 is 15.5 Å². The molecule has 1 aromatic heterocycles. The van der Waals surface area contributed by atoms with Crippen LogP contribution in [0, 0.1) is 5.41 Å². The van der Waals surface area contributed by atoms with Gasteiger partial charge in [-0.15, -0.1) is 0 Å². The Balaban J connectivity index is 1.83. The molecule has 0 bridgehead atoms. The molecule has 1 aliphatic rings. The van der Waals surface area contributed by atoms with Crippen LogP contribution >= 0.6 is 22.9 Å². The van der Waals surface area contributed by atoms with Crippen molar-refractivity contribution in [1.82, 2.24) is 9.88 Å². The highest BCUT2D eigenvalue weighted by atomic mass is 35.5. The van der Waals surface area contributed by atoms with E-state index in [0.717, 1.165) is 29.0 Å². The van der Waals surface area contributed by atoms with Gasteiger partial charge >= 0.3 is 0 Å². The van der Waals surface area contributed by atoms with Crippen LogP contribution in [0.1, 0.15) is 20.8 Å². The molecule has 7 heteroatoms. The monoisotopic (exact) mass is 352 g/mol. The number of carbonyl (C=O) groups is 1. The maximum Gasteiger partial charge on any atom is 0.228 e. The van der Waals surface area contributed by atoms with Crippen molar-refractivity contribution in [3.8, 4) is 0 Å². The van der Waals surface area contributed by atoms with Crippen LogP contribution in [0.15, 0.2) is 12.1 Å². The molecular weight excluding hydrogens is 332 g/mol. The number of anilines is 2. The minimum atomic E-state index is -0.344. The zero-order valence-corrected chi connectivity index (χ0v) is 15.2. The summed E-state index contributed by atoms with van der Waals surface area (Å²) >= 11 is 7.88. The van der Waals surface area contributed by atoms with E-state index in [2.05, 4.69) is 9.88 Å². The van der Waals surface area contributed by atoms with E-state index in [1.807, 2.05) is 37.8 Å². The van der Waals surface area contributed by atoms with Gasteiger partial charge in [-0.1, -0.05) is 43.7 Å². The van der Waals surface area contributed by atoms with E-state index in [4.69, 9.17) is 17.3 Å². The van der Waals surface area contributed by atoms with E-state index < -0.39 is 0 Å². The molecular formula is C16H21ClN4OS. The van der Waals surface area contributed by atoms with Gasteiger partial charge in [-0.25, -0.2) is 4.98 Å². The van der Waals surface area contributed by atoms with Crippen molar-refractivity contribution in [3.63, 3.8) is 0 Å². The molecule has 23 heavy (non-hydrogen) atoms. The van der Waals surface area contributed by atoms with E-state index >= 15 is 0 Å². The molecule has 124 valence electrons.